The molecule has 3 rings (SSSR count). The lowest BCUT2D eigenvalue weighted by Gasteiger charge is -2.26. The molecule has 0 radical (unpaired) electrons. The average molecular weight is 361 g/mol. The fourth-order valence-corrected chi connectivity index (χ4v) is 7.61. The molecule has 0 saturated heterocycles. The lowest BCUT2D eigenvalue weighted by Crippen LogP contribution is -2.33. The van der Waals surface area contributed by atoms with Gasteiger partial charge in [0.25, 0.3) is 0 Å². The van der Waals surface area contributed by atoms with Crippen LogP contribution in [-0.4, -0.2) is 0 Å². The van der Waals surface area contributed by atoms with Crippen molar-refractivity contribution in [1.82, 2.24) is 0 Å². The molecule has 2 nitrogen and oxygen atoms in total. The van der Waals surface area contributed by atoms with E-state index in [1.54, 1.807) is 0 Å². The van der Waals surface area contributed by atoms with E-state index >= 15 is 0 Å². The van der Waals surface area contributed by atoms with Gasteiger partial charge in [-0.05, 0) is 36.4 Å². The highest BCUT2D eigenvalue weighted by molar-refractivity contribution is 8.00. The predicted octanol–water partition coefficient (Wildman–Crippen LogP) is 3.56. The van der Waals surface area contributed by atoms with Gasteiger partial charge in [0.1, 0.15) is 27.0 Å². The van der Waals surface area contributed by atoms with Crippen molar-refractivity contribution in [3.05, 3.63) is 101 Å². The third-order valence-corrected chi connectivity index (χ3v) is 8.74. The standard InChI is InChI=1S/C21H17N2PS/c22-16-20(21(23)25)24(17-10-4-1-5-11-17,18-12-6-2-7-13-18)19-14-8-3-9-15-19/h1-15H,23H2/p+1/b21-20+. The molecule has 0 amide bonds. The first-order valence-electron chi connectivity index (χ1n) is 7.86. The minimum Gasteiger partial charge on any atom is -0.390 e. The zero-order valence-electron chi connectivity index (χ0n) is 13.6. The molecule has 0 fully saturated rings. The molecular weight excluding hydrogens is 343 g/mol. The minimum absolute atomic E-state index is 0.271. The fraction of sp³-hybridized carbons (Fsp3) is 0. The van der Waals surface area contributed by atoms with Crippen LogP contribution in [-0.2, 0) is 0 Å². The van der Waals surface area contributed by atoms with Crippen LogP contribution in [0, 0.1) is 11.3 Å². The molecule has 0 spiro atoms. The van der Waals surface area contributed by atoms with E-state index in [1.165, 1.54) is 0 Å². The Hall–Kier alpha value is -2.53. The predicted molar refractivity (Wildman–Crippen MR) is 111 cm³/mol. The first-order chi connectivity index (χ1) is 12.2. The summed E-state index contributed by atoms with van der Waals surface area (Å²) in [6, 6.07) is 32.7. The Morgan fingerprint density at radius 2 is 1.04 bits per heavy atom. The Bertz CT molecular complexity index is 816. The largest absolute Gasteiger partial charge is 0.390 e. The summed E-state index contributed by atoms with van der Waals surface area (Å²) in [6.45, 7) is 0. The van der Waals surface area contributed by atoms with Crippen molar-refractivity contribution in [2.75, 3.05) is 0 Å². The first-order valence-corrected chi connectivity index (χ1v) is 10.1. The van der Waals surface area contributed by atoms with Crippen molar-refractivity contribution >= 4 is 35.8 Å². The summed E-state index contributed by atoms with van der Waals surface area (Å²) in [5.74, 6) is 0. The number of nitrogens with two attached hydrogens (primary N) is 1. The SMILES string of the molecule is N#C/C(=C(/N)S)[P+](c1ccccc1)(c1ccccc1)c1ccccc1. The van der Waals surface area contributed by atoms with Crippen LogP contribution >= 0.6 is 19.9 Å². The van der Waals surface area contributed by atoms with Crippen LogP contribution in [0.1, 0.15) is 0 Å². The Kier molecular flexibility index (Phi) is 5.24. The first kappa shape index (κ1) is 17.3. The van der Waals surface area contributed by atoms with Crippen molar-refractivity contribution < 1.29 is 0 Å². The lowest BCUT2D eigenvalue weighted by molar-refractivity contribution is 1.48. The summed E-state index contributed by atoms with van der Waals surface area (Å²) in [5, 5.41) is 14.1. The van der Waals surface area contributed by atoms with E-state index < -0.39 is 7.26 Å². The molecule has 0 aliphatic carbocycles. The van der Waals surface area contributed by atoms with Gasteiger partial charge in [0.05, 0.1) is 0 Å². The van der Waals surface area contributed by atoms with E-state index in [2.05, 4.69) is 55.1 Å². The van der Waals surface area contributed by atoms with Gasteiger partial charge in [0.15, 0.2) is 7.26 Å². The lowest BCUT2D eigenvalue weighted by atomic mass is 10.4. The van der Waals surface area contributed by atoms with Gasteiger partial charge in [-0.25, -0.2) is 0 Å². The summed E-state index contributed by atoms with van der Waals surface area (Å²) >= 11 is 4.38. The zero-order valence-corrected chi connectivity index (χ0v) is 15.4. The molecular formula is C21H18N2PS+. The molecule has 0 aliphatic rings. The molecule has 122 valence electrons. The van der Waals surface area contributed by atoms with Gasteiger partial charge < -0.3 is 5.73 Å². The zero-order chi connectivity index (χ0) is 17.7. The van der Waals surface area contributed by atoms with Gasteiger partial charge in [-0.3, -0.25) is 0 Å². The van der Waals surface area contributed by atoms with Crippen LogP contribution in [0.2, 0.25) is 0 Å². The van der Waals surface area contributed by atoms with Crippen LogP contribution in [0.4, 0.5) is 0 Å². The van der Waals surface area contributed by atoms with Crippen molar-refractivity contribution in [1.29, 1.82) is 5.26 Å². The van der Waals surface area contributed by atoms with E-state index in [9.17, 15) is 5.26 Å². The molecule has 3 aromatic carbocycles. The maximum Gasteiger partial charge on any atom is 0.214 e. The van der Waals surface area contributed by atoms with Crippen LogP contribution < -0.4 is 21.6 Å². The van der Waals surface area contributed by atoms with E-state index in [0.717, 1.165) is 15.9 Å². The second-order valence-electron chi connectivity index (χ2n) is 5.52. The normalized spacial score (nSPS) is 12.2. The average Bonchev–Trinajstić information content (AvgIpc) is 2.68. The number of nitriles is 1. The van der Waals surface area contributed by atoms with Gasteiger partial charge in [-0.2, -0.15) is 5.26 Å². The van der Waals surface area contributed by atoms with Gasteiger partial charge in [0, 0.05) is 0 Å². The molecule has 0 bridgehead atoms. The fourth-order valence-electron chi connectivity index (χ4n) is 3.09. The molecule has 4 heteroatoms. The monoisotopic (exact) mass is 361 g/mol. The van der Waals surface area contributed by atoms with Gasteiger partial charge in [-0.1, -0.05) is 54.6 Å². The Labute approximate surface area is 154 Å². The van der Waals surface area contributed by atoms with Crippen molar-refractivity contribution in [3.63, 3.8) is 0 Å². The van der Waals surface area contributed by atoms with E-state index in [0.29, 0.717) is 5.31 Å². The molecule has 0 aromatic heterocycles. The molecule has 2 N–H and O–H groups in total. The molecule has 0 atom stereocenters. The number of hydrogen-bond acceptors (Lipinski definition) is 3. The van der Waals surface area contributed by atoms with Gasteiger partial charge in [-0.15, -0.1) is 12.6 Å². The summed E-state index contributed by atoms with van der Waals surface area (Å²) in [5.41, 5.74) is 6.09. The highest BCUT2D eigenvalue weighted by Crippen LogP contribution is 2.62. The van der Waals surface area contributed by atoms with Crippen LogP contribution in [0.15, 0.2) is 101 Å². The molecule has 0 aliphatic heterocycles. The number of thiol groups is 1. The second kappa shape index (κ2) is 7.57. The maximum absolute atomic E-state index is 10.0. The highest BCUT2D eigenvalue weighted by Gasteiger charge is 2.51. The number of benzene rings is 3. The molecule has 25 heavy (non-hydrogen) atoms. The van der Waals surface area contributed by atoms with E-state index in [-0.39, 0.29) is 5.03 Å². The molecule has 0 heterocycles. The third-order valence-electron chi connectivity index (χ3n) is 4.11. The van der Waals surface area contributed by atoms with Gasteiger partial charge in [0.2, 0.25) is 5.31 Å². The van der Waals surface area contributed by atoms with Crippen LogP contribution in [0.5, 0.6) is 0 Å². The van der Waals surface area contributed by atoms with E-state index in [4.69, 9.17) is 5.73 Å². The smallest absolute Gasteiger partial charge is 0.214 e. The number of nitrogens with zero attached hydrogens (tertiary/aromatic N) is 1. The summed E-state index contributed by atoms with van der Waals surface area (Å²) in [6.07, 6.45) is 0. The summed E-state index contributed by atoms with van der Waals surface area (Å²) in [4.78, 5) is 0. The highest BCUT2D eigenvalue weighted by atomic mass is 32.1. The van der Waals surface area contributed by atoms with Crippen LogP contribution in [0.25, 0.3) is 0 Å². The number of hydrogen-bond donors (Lipinski definition) is 2. The third kappa shape index (κ3) is 3.07. The van der Waals surface area contributed by atoms with Crippen molar-refractivity contribution in [2.24, 2.45) is 5.73 Å². The number of rotatable bonds is 4. The Morgan fingerprint density at radius 3 is 1.28 bits per heavy atom. The quantitative estimate of drug-likeness (QED) is 0.424. The van der Waals surface area contributed by atoms with Crippen LogP contribution in [0.3, 0.4) is 0 Å². The summed E-state index contributed by atoms with van der Waals surface area (Å²) < 4.78 is 0. The molecule has 3 aromatic rings. The summed E-state index contributed by atoms with van der Waals surface area (Å²) in [7, 11) is -2.40. The number of allylic oxidation sites excluding steroid dienone is 1. The second-order valence-corrected chi connectivity index (χ2v) is 9.34. The van der Waals surface area contributed by atoms with Crippen molar-refractivity contribution in [2.45, 2.75) is 0 Å². The minimum atomic E-state index is -2.40. The Balaban J connectivity index is 2.50. The van der Waals surface area contributed by atoms with E-state index in [1.807, 2.05) is 54.6 Å². The van der Waals surface area contributed by atoms with Gasteiger partial charge >= 0.3 is 0 Å². The maximum atomic E-state index is 10.0. The Morgan fingerprint density at radius 1 is 0.720 bits per heavy atom. The van der Waals surface area contributed by atoms with Crippen molar-refractivity contribution in [3.8, 4) is 6.07 Å². The topological polar surface area (TPSA) is 49.8 Å². The molecule has 0 saturated carbocycles. The molecule has 0 unspecified atom stereocenters.